The molecule has 0 amide bonds. The Balaban J connectivity index is 1.21. The molecule has 4 aromatic rings. The van der Waals surface area contributed by atoms with Gasteiger partial charge in [0.15, 0.2) is 78.8 Å². The normalized spacial score (nSPS) is 37.7. The largest absolute Gasteiger partial charge is 0.382 e. The van der Waals surface area contributed by atoms with Crippen molar-refractivity contribution in [3.63, 3.8) is 0 Å². The molecule has 3 aliphatic heterocycles. The van der Waals surface area contributed by atoms with Crippen LogP contribution in [0.2, 0.25) is 0 Å². The van der Waals surface area contributed by atoms with E-state index in [-0.39, 0.29) is 34.1 Å². The zero-order valence-corrected chi connectivity index (χ0v) is 24.1. The number of imidazole rings is 2. The molecule has 4 aromatic heterocycles. The maximum Gasteiger partial charge on any atom is 0.354 e. The van der Waals surface area contributed by atoms with Crippen LogP contribution in [0.15, 0.2) is 23.8 Å². The van der Waals surface area contributed by atoms with Crippen molar-refractivity contribution in [2.45, 2.75) is 49.6 Å². The molecular weight excluding hydrogens is 656 g/mol. The van der Waals surface area contributed by atoms with Gasteiger partial charge in [-0.15, -0.1) is 0 Å². The number of hydrogen-bond donors (Lipinski definition) is 5. The summed E-state index contributed by atoms with van der Waals surface area (Å²) in [4.78, 5) is 55.4. The second-order valence-electron chi connectivity index (χ2n) is 10.0. The van der Waals surface area contributed by atoms with Gasteiger partial charge in [-0.25, -0.2) is 28.7 Å². The van der Waals surface area contributed by atoms with E-state index in [1.165, 1.54) is 0 Å². The highest BCUT2D eigenvalue weighted by atomic mass is 31.2. The molecule has 0 radical (unpaired) electrons. The summed E-state index contributed by atoms with van der Waals surface area (Å²) >= 11 is 0. The Kier molecular flexibility index (Phi) is 7.24. The fourth-order valence-corrected chi connectivity index (χ4v) is 7.08. The Bertz CT molecular complexity index is 1940. The molecule has 242 valence electrons. The van der Waals surface area contributed by atoms with Crippen LogP contribution in [0.5, 0.6) is 0 Å². The lowest BCUT2D eigenvalue weighted by molar-refractivity contribution is -0.170. The predicted molar refractivity (Wildman–Crippen MR) is 141 cm³/mol. The summed E-state index contributed by atoms with van der Waals surface area (Å²) in [6.45, 7) is 0. The van der Waals surface area contributed by atoms with Gasteiger partial charge in [0.25, 0.3) is 5.56 Å². The van der Waals surface area contributed by atoms with E-state index in [2.05, 4.69) is 29.9 Å². The summed E-state index contributed by atoms with van der Waals surface area (Å²) in [6.07, 6.45) is -15.0. The van der Waals surface area contributed by atoms with Gasteiger partial charge in [0.2, 0.25) is 5.95 Å². The first-order chi connectivity index (χ1) is 21.3. The number of alkyl halides is 2. The monoisotopic (exact) mass is 678 g/mol. The number of rotatable bonds is 2. The minimum atomic E-state index is -4.97. The minimum absolute atomic E-state index is 0.0198. The molecule has 0 aliphatic carbocycles. The maximum atomic E-state index is 15.8. The Morgan fingerprint density at radius 3 is 2.20 bits per heavy atom. The van der Waals surface area contributed by atoms with Crippen molar-refractivity contribution in [2.24, 2.45) is 0 Å². The fourth-order valence-electron chi connectivity index (χ4n) is 5.09. The van der Waals surface area contributed by atoms with Crippen LogP contribution in [0.3, 0.4) is 0 Å². The first kappa shape index (κ1) is 30.2. The smallest absolute Gasteiger partial charge is 0.354 e. The van der Waals surface area contributed by atoms with E-state index in [4.69, 9.17) is 39.5 Å². The molecule has 3 saturated heterocycles. The average Bonchev–Trinajstić information content (AvgIpc) is 3.72. The molecule has 0 aromatic carbocycles. The summed E-state index contributed by atoms with van der Waals surface area (Å²) in [5.41, 5.74) is 10.4. The molecule has 7 N–H and O–H groups in total. The van der Waals surface area contributed by atoms with Crippen LogP contribution < -0.4 is 17.0 Å². The van der Waals surface area contributed by atoms with Gasteiger partial charge >= 0.3 is 15.2 Å². The van der Waals surface area contributed by atoms with Crippen molar-refractivity contribution in [2.75, 3.05) is 24.2 Å². The average molecular weight is 678 g/mol. The van der Waals surface area contributed by atoms with E-state index in [0.29, 0.717) is 0 Å². The molecule has 10 atom stereocenters. The highest BCUT2D eigenvalue weighted by Gasteiger charge is 2.55. The number of H-pyrrole nitrogens is 1. The van der Waals surface area contributed by atoms with E-state index in [1.807, 2.05) is 0 Å². The zero-order valence-electron chi connectivity index (χ0n) is 22.3. The van der Waals surface area contributed by atoms with Crippen molar-refractivity contribution in [1.29, 1.82) is 0 Å². The van der Waals surface area contributed by atoms with Crippen LogP contribution in [0.25, 0.3) is 22.3 Å². The molecule has 45 heavy (non-hydrogen) atoms. The third-order valence-electron chi connectivity index (χ3n) is 7.02. The third-order valence-corrected chi connectivity index (χ3v) is 9.12. The van der Waals surface area contributed by atoms with E-state index in [1.54, 1.807) is 0 Å². The highest BCUT2D eigenvalue weighted by molar-refractivity contribution is 7.52. The summed E-state index contributed by atoms with van der Waals surface area (Å²) in [5.74, 6) is -0.347. The second-order valence-corrected chi connectivity index (χ2v) is 13.5. The molecule has 2 unspecified atom stereocenters. The number of nitrogens with zero attached hydrogens (tertiary/aromatic N) is 7. The maximum absolute atomic E-state index is 15.8. The number of aromatic nitrogens is 8. The standard InChI is InChI=1S/C20H22F2N10O11P2/c21-6-11-19(40-16(6)31-2-27-8-12(23)25-1-26-13(8)31)39-5-44(34,35)42-10-7(22)18(38-4-45(36,37)43-11)41-17(10)32-3-28-9-14(32)29-20(24)30-15(9)33/h1-3,6-7,10-11,16-19H,4-5H2,(H,34,35)(H,36,37)(H2,23,25,26)(H3,24,29,30,33)/t6-,7+,10-,11+,16+,17+,18-,19-/m0/s1. The molecule has 3 fully saturated rings. The SMILES string of the molecule is Nc1nc2c(ncn2[C@@H]2O[C@@H]3OCP(=O)(O)O[C@H]4[C@@H](OCP(=O)(O)O[C@H]2[C@H]3F)O[C@@H](n2cnc3c(N)ncnc32)[C@H]4F)c(=O)[nH]1. The lowest BCUT2D eigenvalue weighted by atomic mass is 10.2. The first-order valence-electron chi connectivity index (χ1n) is 12.8. The summed E-state index contributed by atoms with van der Waals surface area (Å²) < 4.78 is 91.9. The predicted octanol–water partition coefficient (Wildman–Crippen LogP) is -0.387. The minimum Gasteiger partial charge on any atom is -0.382 e. The first-order valence-corrected chi connectivity index (χ1v) is 16.3. The van der Waals surface area contributed by atoms with Crippen molar-refractivity contribution in [3.05, 3.63) is 29.3 Å². The van der Waals surface area contributed by atoms with Crippen LogP contribution in [-0.4, -0.2) is 98.7 Å². The topological polar surface area (TPSA) is 289 Å². The van der Waals surface area contributed by atoms with Gasteiger partial charge in [0, 0.05) is 0 Å². The Hall–Kier alpha value is -3.50. The van der Waals surface area contributed by atoms with Crippen molar-refractivity contribution < 1.29 is 55.7 Å². The van der Waals surface area contributed by atoms with E-state index in [9.17, 15) is 23.7 Å². The Morgan fingerprint density at radius 1 is 0.844 bits per heavy atom. The number of anilines is 2. The molecule has 3 aliphatic rings. The number of nitrogen functional groups attached to an aromatic ring is 2. The molecular formula is C20H22F2N10O11P2. The summed E-state index contributed by atoms with van der Waals surface area (Å²) in [5, 5.41) is 0. The van der Waals surface area contributed by atoms with Crippen molar-refractivity contribution in [1.82, 2.24) is 39.0 Å². The van der Waals surface area contributed by atoms with Crippen LogP contribution in [0, 0.1) is 0 Å². The number of nitrogens with two attached hydrogens (primary N) is 2. The van der Waals surface area contributed by atoms with E-state index < -0.39 is 83.0 Å². The number of fused-ring (bicyclic) bond motifs is 5. The molecule has 21 nitrogen and oxygen atoms in total. The van der Waals surface area contributed by atoms with Gasteiger partial charge < -0.3 is 40.2 Å². The Labute approximate surface area is 247 Å². The fraction of sp³-hybridized carbons (Fsp3) is 0.500. The molecule has 25 heteroatoms. The molecule has 7 rings (SSSR count). The van der Waals surface area contributed by atoms with Gasteiger partial charge in [-0.3, -0.25) is 37.1 Å². The van der Waals surface area contributed by atoms with Crippen LogP contribution in [0.1, 0.15) is 12.5 Å². The second kappa shape index (κ2) is 10.8. The quantitative estimate of drug-likeness (QED) is 0.169. The number of ether oxygens (including phenoxy) is 4. The van der Waals surface area contributed by atoms with Gasteiger partial charge in [-0.1, -0.05) is 0 Å². The van der Waals surface area contributed by atoms with Gasteiger partial charge in [-0.05, 0) is 0 Å². The number of nitrogens with one attached hydrogen (secondary N) is 1. The molecule has 0 saturated carbocycles. The summed E-state index contributed by atoms with van der Waals surface area (Å²) in [7, 11) is -9.92. The third kappa shape index (κ3) is 5.29. The lowest BCUT2D eigenvalue weighted by Gasteiger charge is -2.25. The zero-order chi connectivity index (χ0) is 31.8. The van der Waals surface area contributed by atoms with Crippen molar-refractivity contribution in [3.8, 4) is 0 Å². The van der Waals surface area contributed by atoms with Crippen LogP contribution in [-0.2, 0) is 37.1 Å². The van der Waals surface area contributed by atoms with Gasteiger partial charge in [-0.2, -0.15) is 4.98 Å². The van der Waals surface area contributed by atoms with E-state index in [0.717, 1.165) is 28.1 Å². The van der Waals surface area contributed by atoms with Gasteiger partial charge in [0.1, 0.15) is 17.9 Å². The van der Waals surface area contributed by atoms with Crippen LogP contribution >= 0.6 is 15.2 Å². The summed E-state index contributed by atoms with van der Waals surface area (Å²) in [6, 6.07) is 0. The lowest BCUT2D eigenvalue weighted by Crippen LogP contribution is -2.33. The Morgan fingerprint density at radius 2 is 1.47 bits per heavy atom. The van der Waals surface area contributed by atoms with Crippen LogP contribution in [0.4, 0.5) is 20.5 Å². The number of hydrogen-bond acceptors (Lipinski definition) is 16. The molecule has 0 spiro atoms. The van der Waals surface area contributed by atoms with Gasteiger partial charge in [0.05, 0.1) is 12.7 Å². The number of aromatic amines is 1. The highest BCUT2D eigenvalue weighted by Crippen LogP contribution is 2.53. The van der Waals surface area contributed by atoms with E-state index >= 15 is 8.78 Å². The number of halogens is 2. The van der Waals surface area contributed by atoms with Crippen molar-refractivity contribution >= 4 is 49.3 Å². The molecule has 2 bridgehead atoms. The molecule has 7 heterocycles.